The van der Waals surface area contributed by atoms with Gasteiger partial charge in [0.1, 0.15) is 5.60 Å². The lowest BCUT2D eigenvalue weighted by Gasteiger charge is -2.42. The number of rotatable bonds is 3. The molecule has 2 rings (SSSR count). The molecule has 2 aliphatic heterocycles. The fourth-order valence-electron chi connectivity index (χ4n) is 2.79. The van der Waals surface area contributed by atoms with Crippen LogP contribution < -0.4 is 0 Å². The van der Waals surface area contributed by atoms with Crippen LogP contribution in [0.15, 0.2) is 0 Å². The molecule has 0 aromatic rings. The molecule has 8 heteroatoms. The molecule has 0 aliphatic carbocycles. The molecule has 1 amide bonds. The summed E-state index contributed by atoms with van der Waals surface area (Å²) in [5.74, 6) is 0.0948. The third-order valence-electron chi connectivity index (χ3n) is 3.86. The molecule has 0 N–H and O–H groups in total. The Balaban J connectivity index is 2.15. The highest BCUT2D eigenvalue weighted by atomic mass is 32.2. The number of amides is 1. The maximum absolute atomic E-state index is 12.3. The number of carbonyl (C=O) groups excluding carboxylic acids is 1. The van der Waals surface area contributed by atoms with E-state index in [0.29, 0.717) is 45.9 Å². The third kappa shape index (κ3) is 3.94. The SMILES string of the molecule is CCCS(=O)(=O)N1CCO[C@]2(COCCN(C(C)=O)C2)C1. The maximum Gasteiger partial charge on any atom is 0.219 e. The van der Waals surface area contributed by atoms with Crippen LogP contribution in [0.1, 0.15) is 20.3 Å². The van der Waals surface area contributed by atoms with Gasteiger partial charge in [0.2, 0.25) is 15.9 Å². The molecule has 0 saturated carbocycles. The summed E-state index contributed by atoms with van der Waals surface area (Å²) in [6.45, 7) is 5.96. The van der Waals surface area contributed by atoms with Crippen molar-refractivity contribution in [3.63, 3.8) is 0 Å². The number of ether oxygens (including phenoxy) is 2. The predicted octanol–water partition coefficient (Wildman–Crippen LogP) is -0.324. The van der Waals surface area contributed by atoms with Crippen LogP contribution >= 0.6 is 0 Å². The molecule has 0 bridgehead atoms. The monoisotopic (exact) mass is 320 g/mol. The molecular formula is C13H24N2O5S. The Morgan fingerprint density at radius 3 is 2.67 bits per heavy atom. The Labute approximate surface area is 126 Å². The second-order valence-corrected chi connectivity index (χ2v) is 7.76. The lowest BCUT2D eigenvalue weighted by atomic mass is 10.0. The number of hydrogen-bond acceptors (Lipinski definition) is 5. The van der Waals surface area contributed by atoms with Crippen molar-refractivity contribution in [2.24, 2.45) is 0 Å². The summed E-state index contributed by atoms with van der Waals surface area (Å²) in [7, 11) is -3.26. The second-order valence-electron chi connectivity index (χ2n) is 5.67. The van der Waals surface area contributed by atoms with E-state index in [2.05, 4.69) is 0 Å². The van der Waals surface area contributed by atoms with Crippen molar-refractivity contribution in [3.05, 3.63) is 0 Å². The standard InChI is InChI=1S/C13H24N2O5S/c1-3-8-21(17,18)15-5-7-20-13(10-15)9-14(12(2)16)4-6-19-11-13/h3-11H2,1-2H3/t13-/m0/s1. The van der Waals surface area contributed by atoms with Gasteiger partial charge in [-0.25, -0.2) is 8.42 Å². The van der Waals surface area contributed by atoms with Gasteiger partial charge >= 0.3 is 0 Å². The predicted molar refractivity (Wildman–Crippen MR) is 77.4 cm³/mol. The van der Waals surface area contributed by atoms with Crippen LogP contribution in [0.2, 0.25) is 0 Å². The summed E-state index contributed by atoms with van der Waals surface area (Å²) >= 11 is 0. The Hall–Kier alpha value is -0.700. The fraction of sp³-hybridized carbons (Fsp3) is 0.923. The minimum atomic E-state index is -3.26. The normalized spacial score (nSPS) is 28.6. The van der Waals surface area contributed by atoms with Crippen molar-refractivity contribution in [2.75, 3.05) is 51.8 Å². The lowest BCUT2D eigenvalue weighted by molar-refractivity contribution is -0.142. The smallest absolute Gasteiger partial charge is 0.219 e. The zero-order valence-electron chi connectivity index (χ0n) is 12.7. The van der Waals surface area contributed by atoms with Crippen LogP contribution in [-0.4, -0.2) is 80.9 Å². The van der Waals surface area contributed by atoms with E-state index in [1.54, 1.807) is 4.90 Å². The average molecular weight is 320 g/mol. The van der Waals surface area contributed by atoms with Crippen LogP contribution in [0.4, 0.5) is 0 Å². The number of hydrogen-bond donors (Lipinski definition) is 0. The Morgan fingerprint density at radius 2 is 2.00 bits per heavy atom. The largest absolute Gasteiger partial charge is 0.376 e. The van der Waals surface area contributed by atoms with Gasteiger partial charge in [-0.05, 0) is 6.42 Å². The van der Waals surface area contributed by atoms with E-state index in [9.17, 15) is 13.2 Å². The molecule has 2 heterocycles. The minimum Gasteiger partial charge on any atom is -0.376 e. The van der Waals surface area contributed by atoms with E-state index in [0.717, 1.165) is 0 Å². The fourth-order valence-corrected chi connectivity index (χ4v) is 4.35. The topological polar surface area (TPSA) is 76.2 Å². The minimum absolute atomic E-state index is 0.0444. The van der Waals surface area contributed by atoms with Crippen LogP contribution in [0.5, 0.6) is 0 Å². The van der Waals surface area contributed by atoms with Crippen molar-refractivity contribution >= 4 is 15.9 Å². The van der Waals surface area contributed by atoms with Crippen molar-refractivity contribution in [2.45, 2.75) is 25.9 Å². The van der Waals surface area contributed by atoms with Crippen LogP contribution in [0, 0.1) is 0 Å². The van der Waals surface area contributed by atoms with Gasteiger partial charge in [-0.3, -0.25) is 4.79 Å². The highest BCUT2D eigenvalue weighted by Gasteiger charge is 2.43. The van der Waals surface area contributed by atoms with Gasteiger partial charge in [0.15, 0.2) is 0 Å². The van der Waals surface area contributed by atoms with Crippen LogP contribution in [0.25, 0.3) is 0 Å². The Bertz CT molecular complexity index is 481. The molecule has 2 aliphatic rings. The summed E-state index contributed by atoms with van der Waals surface area (Å²) < 4.78 is 37.4. The van der Waals surface area contributed by atoms with Crippen molar-refractivity contribution in [1.29, 1.82) is 0 Å². The van der Waals surface area contributed by atoms with E-state index in [1.807, 2.05) is 6.92 Å². The maximum atomic E-state index is 12.3. The van der Waals surface area contributed by atoms with E-state index >= 15 is 0 Å². The number of sulfonamides is 1. The first kappa shape index (κ1) is 16.7. The molecule has 21 heavy (non-hydrogen) atoms. The molecular weight excluding hydrogens is 296 g/mol. The molecule has 0 radical (unpaired) electrons. The van der Waals surface area contributed by atoms with E-state index in [-0.39, 0.29) is 18.2 Å². The Kier molecular flexibility index (Phi) is 5.24. The highest BCUT2D eigenvalue weighted by Crippen LogP contribution is 2.24. The van der Waals surface area contributed by atoms with Gasteiger partial charge in [-0.2, -0.15) is 4.31 Å². The molecule has 0 aromatic carbocycles. The van der Waals surface area contributed by atoms with Crippen LogP contribution in [0.3, 0.4) is 0 Å². The molecule has 1 spiro atoms. The van der Waals surface area contributed by atoms with E-state index < -0.39 is 15.6 Å². The van der Waals surface area contributed by atoms with Crippen molar-refractivity contribution in [1.82, 2.24) is 9.21 Å². The van der Waals surface area contributed by atoms with Gasteiger partial charge in [0.25, 0.3) is 0 Å². The molecule has 2 saturated heterocycles. The van der Waals surface area contributed by atoms with Crippen LogP contribution in [-0.2, 0) is 24.3 Å². The Morgan fingerprint density at radius 1 is 1.24 bits per heavy atom. The van der Waals surface area contributed by atoms with E-state index in [1.165, 1.54) is 11.2 Å². The van der Waals surface area contributed by atoms with E-state index in [4.69, 9.17) is 9.47 Å². The summed E-state index contributed by atoms with van der Waals surface area (Å²) in [5, 5.41) is 0. The molecule has 1 atom stereocenters. The molecule has 122 valence electrons. The summed E-state index contributed by atoms with van der Waals surface area (Å²) in [4.78, 5) is 13.3. The lowest BCUT2D eigenvalue weighted by Crippen LogP contribution is -2.60. The van der Waals surface area contributed by atoms with Gasteiger partial charge in [-0.15, -0.1) is 0 Å². The number of nitrogens with zero attached hydrogens (tertiary/aromatic N) is 2. The summed E-state index contributed by atoms with van der Waals surface area (Å²) in [6.07, 6.45) is 0.586. The first-order valence-corrected chi connectivity index (χ1v) is 8.94. The highest BCUT2D eigenvalue weighted by molar-refractivity contribution is 7.89. The van der Waals surface area contributed by atoms with Crippen molar-refractivity contribution in [3.8, 4) is 0 Å². The van der Waals surface area contributed by atoms with Crippen molar-refractivity contribution < 1.29 is 22.7 Å². The summed E-state index contributed by atoms with van der Waals surface area (Å²) in [6, 6.07) is 0. The zero-order valence-corrected chi connectivity index (χ0v) is 13.5. The quantitative estimate of drug-likeness (QED) is 0.712. The van der Waals surface area contributed by atoms with Gasteiger partial charge in [-0.1, -0.05) is 6.92 Å². The van der Waals surface area contributed by atoms with Gasteiger partial charge in [0.05, 0.1) is 32.1 Å². The van der Waals surface area contributed by atoms with Gasteiger partial charge < -0.3 is 14.4 Å². The molecule has 0 aromatic heterocycles. The summed E-state index contributed by atoms with van der Waals surface area (Å²) in [5.41, 5.74) is -0.749. The molecule has 2 fully saturated rings. The molecule has 0 unspecified atom stereocenters. The number of morpholine rings is 1. The first-order valence-electron chi connectivity index (χ1n) is 7.34. The number of carbonyl (C=O) groups is 1. The first-order chi connectivity index (χ1) is 9.88. The average Bonchev–Trinajstić information content (AvgIpc) is 2.62. The zero-order chi connectivity index (χ0) is 15.5. The molecule has 7 nitrogen and oxygen atoms in total. The van der Waals surface area contributed by atoms with Gasteiger partial charge in [0, 0.05) is 26.6 Å². The third-order valence-corrected chi connectivity index (χ3v) is 5.89. The second kappa shape index (κ2) is 6.60.